The summed E-state index contributed by atoms with van der Waals surface area (Å²) < 4.78 is 0. The number of nitrogens with zero attached hydrogens (tertiary/aromatic N) is 1. The molecular formula is C11H13N. The molecule has 0 aromatic heterocycles. The van der Waals surface area contributed by atoms with E-state index in [1.54, 1.807) is 0 Å². The minimum absolute atomic E-state index is 0.595. The average molecular weight is 159 g/mol. The van der Waals surface area contributed by atoms with E-state index in [4.69, 9.17) is 5.26 Å². The fraction of sp³-hybridized carbons (Fsp3) is 0.364. The molecule has 0 unspecified atom stereocenters. The van der Waals surface area contributed by atoms with Crippen LogP contribution < -0.4 is 0 Å². The number of hydrogen-bond donors (Lipinski definition) is 0. The molecule has 1 rings (SSSR count). The van der Waals surface area contributed by atoms with Gasteiger partial charge in [-0.2, -0.15) is 5.26 Å². The highest BCUT2D eigenvalue weighted by atomic mass is 14.2. The van der Waals surface area contributed by atoms with E-state index in [0.29, 0.717) is 5.92 Å². The Labute approximate surface area is 73.6 Å². The van der Waals surface area contributed by atoms with Gasteiger partial charge >= 0.3 is 0 Å². The topological polar surface area (TPSA) is 23.8 Å². The first-order valence-electron chi connectivity index (χ1n) is 4.28. The lowest BCUT2D eigenvalue weighted by molar-refractivity contribution is 0.733. The van der Waals surface area contributed by atoms with Gasteiger partial charge in [-0.1, -0.05) is 26.0 Å². The van der Waals surface area contributed by atoms with Crippen molar-refractivity contribution in [3.63, 3.8) is 0 Å². The molecule has 1 aromatic rings. The normalized spacial score (nSPS) is 12.1. The van der Waals surface area contributed by atoms with Crippen LogP contribution in [-0.4, -0.2) is 0 Å². The molecule has 0 aliphatic rings. The Hall–Kier alpha value is -1.29. The average Bonchev–Trinajstić information content (AvgIpc) is 2.17. The van der Waals surface area contributed by atoms with Crippen molar-refractivity contribution in [2.45, 2.75) is 26.2 Å². The van der Waals surface area contributed by atoms with E-state index < -0.39 is 0 Å². The molecule has 0 fully saturated rings. The predicted octanol–water partition coefficient (Wildman–Crippen LogP) is 3.07. The Kier molecular flexibility index (Phi) is 2.88. The van der Waals surface area contributed by atoms with Crippen molar-refractivity contribution in [1.29, 1.82) is 5.26 Å². The molecular weight excluding hydrogens is 146 g/mol. The van der Waals surface area contributed by atoms with Crippen LogP contribution in [0.15, 0.2) is 24.3 Å². The van der Waals surface area contributed by atoms with Gasteiger partial charge in [0.1, 0.15) is 0 Å². The monoisotopic (exact) mass is 159 g/mol. The number of benzene rings is 1. The van der Waals surface area contributed by atoms with Gasteiger partial charge in [-0.3, -0.25) is 0 Å². The van der Waals surface area contributed by atoms with Crippen LogP contribution in [0.3, 0.4) is 0 Å². The van der Waals surface area contributed by atoms with Gasteiger partial charge in [-0.15, -0.1) is 0 Å². The maximum absolute atomic E-state index is 8.57. The van der Waals surface area contributed by atoms with Crippen molar-refractivity contribution in [2.75, 3.05) is 0 Å². The highest BCUT2D eigenvalue weighted by Crippen LogP contribution is 2.18. The van der Waals surface area contributed by atoms with Gasteiger partial charge in [0.25, 0.3) is 0 Å². The van der Waals surface area contributed by atoms with E-state index in [2.05, 4.69) is 19.9 Å². The molecule has 1 atom stereocenters. The number of nitriles is 1. The Morgan fingerprint density at radius 2 is 1.92 bits per heavy atom. The van der Waals surface area contributed by atoms with Crippen molar-refractivity contribution in [1.82, 2.24) is 0 Å². The van der Waals surface area contributed by atoms with Crippen molar-refractivity contribution in [2.24, 2.45) is 0 Å². The first kappa shape index (κ1) is 8.80. The largest absolute Gasteiger partial charge is 0.192 e. The Bertz CT molecular complexity index is 279. The third-order valence-electron chi connectivity index (χ3n) is 2.22. The van der Waals surface area contributed by atoms with Crippen LogP contribution in [0.1, 0.15) is 37.3 Å². The van der Waals surface area contributed by atoms with Crippen molar-refractivity contribution in [3.05, 3.63) is 35.4 Å². The molecule has 0 aliphatic carbocycles. The first-order valence-corrected chi connectivity index (χ1v) is 4.28. The lowest BCUT2D eigenvalue weighted by atomic mass is 9.98. The smallest absolute Gasteiger partial charge is 0.0991 e. The van der Waals surface area contributed by atoms with Crippen LogP contribution in [0, 0.1) is 11.3 Å². The molecule has 12 heavy (non-hydrogen) atoms. The second-order valence-corrected chi connectivity index (χ2v) is 3.04. The molecule has 0 spiro atoms. The van der Waals surface area contributed by atoms with Crippen LogP contribution in [0.2, 0.25) is 0 Å². The molecule has 0 N–H and O–H groups in total. The van der Waals surface area contributed by atoms with Crippen LogP contribution in [0.4, 0.5) is 0 Å². The maximum atomic E-state index is 8.57. The molecule has 0 aliphatic heterocycles. The highest BCUT2D eigenvalue weighted by molar-refractivity contribution is 5.32. The Morgan fingerprint density at radius 3 is 2.33 bits per heavy atom. The standard InChI is InChI=1S/C11H13N/c1-3-9(2)11-6-4-10(8-12)5-7-11/h4-7,9H,3H2,1-2H3/t9-/m1/s1. The lowest BCUT2D eigenvalue weighted by Gasteiger charge is -2.07. The second kappa shape index (κ2) is 3.92. The summed E-state index contributed by atoms with van der Waals surface area (Å²) >= 11 is 0. The van der Waals surface area contributed by atoms with Gasteiger partial charge < -0.3 is 0 Å². The van der Waals surface area contributed by atoms with Crippen molar-refractivity contribution >= 4 is 0 Å². The maximum Gasteiger partial charge on any atom is 0.0991 e. The third-order valence-corrected chi connectivity index (χ3v) is 2.22. The molecule has 0 saturated carbocycles. The summed E-state index contributed by atoms with van der Waals surface area (Å²) in [6, 6.07) is 9.93. The summed E-state index contributed by atoms with van der Waals surface area (Å²) in [5, 5.41) is 8.57. The highest BCUT2D eigenvalue weighted by Gasteiger charge is 2.01. The van der Waals surface area contributed by atoms with Crippen LogP contribution in [0.5, 0.6) is 0 Å². The lowest BCUT2D eigenvalue weighted by Crippen LogP contribution is -1.90. The van der Waals surface area contributed by atoms with Crippen LogP contribution in [0.25, 0.3) is 0 Å². The zero-order chi connectivity index (χ0) is 8.97. The van der Waals surface area contributed by atoms with Crippen molar-refractivity contribution in [3.8, 4) is 6.07 Å². The summed E-state index contributed by atoms with van der Waals surface area (Å²) in [4.78, 5) is 0. The van der Waals surface area contributed by atoms with E-state index in [1.165, 1.54) is 5.56 Å². The van der Waals surface area contributed by atoms with E-state index in [0.717, 1.165) is 12.0 Å². The minimum Gasteiger partial charge on any atom is -0.192 e. The molecule has 0 saturated heterocycles. The summed E-state index contributed by atoms with van der Waals surface area (Å²) in [6.07, 6.45) is 1.14. The summed E-state index contributed by atoms with van der Waals surface area (Å²) in [6.45, 7) is 4.37. The van der Waals surface area contributed by atoms with E-state index in [1.807, 2.05) is 24.3 Å². The van der Waals surface area contributed by atoms with Crippen LogP contribution >= 0.6 is 0 Å². The van der Waals surface area contributed by atoms with Gasteiger partial charge in [0.05, 0.1) is 11.6 Å². The van der Waals surface area contributed by atoms with E-state index >= 15 is 0 Å². The molecule has 1 aromatic carbocycles. The Balaban J connectivity index is 2.86. The first-order chi connectivity index (χ1) is 5.77. The van der Waals surface area contributed by atoms with Crippen molar-refractivity contribution < 1.29 is 0 Å². The van der Waals surface area contributed by atoms with Gasteiger partial charge in [-0.25, -0.2) is 0 Å². The SMILES string of the molecule is CC[C@@H](C)c1ccc(C#N)cc1. The van der Waals surface area contributed by atoms with E-state index in [-0.39, 0.29) is 0 Å². The summed E-state index contributed by atoms with van der Waals surface area (Å²) in [7, 11) is 0. The molecule has 0 radical (unpaired) electrons. The predicted molar refractivity (Wildman–Crippen MR) is 49.9 cm³/mol. The molecule has 0 bridgehead atoms. The number of rotatable bonds is 2. The quantitative estimate of drug-likeness (QED) is 0.650. The van der Waals surface area contributed by atoms with Gasteiger partial charge in [0.2, 0.25) is 0 Å². The summed E-state index contributed by atoms with van der Waals surface area (Å²) in [5.41, 5.74) is 2.05. The molecule has 0 amide bonds. The molecule has 62 valence electrons. The second-order valence-electron chi connectivity index (χ2n) is 3.04. The number of hydrogen-bond acceptors (Lipinski definition) is 1. The fourth-order valence-electron chi connectivity index (χ4n) is 1.12. The zero-order valence-corrected chi connectivity index (χ0v) is 7.54. The van der Waals surface area contributed by atoms with Gasteiger partial charge in [0.15, 0.2) is 0 Å². The zero-order valence-electron chi connectivity index (χ0n) is 7.54. The van der Waals surface area contributed by atoms with Gasteiger partial charge in [-0.05, 0) is 30.0 Å². The summed E-state index contributed by atoms with van der Waals surface area (Å²) in [5.74, 6) is 0.595. The Morgan fingerprint density at radius 1 is 1.33 bits per heavy atom. The molecule has 1 nitrogen and oxygen atoms in total. The van der Waals surface area contributed by atoms with Crippen LogP contribution in [-0.2, 0) is 0 Å². The van der Waals surface area contributed by atoms with Gasteiger partial charge in [0, 0.05) is 0 Å². The third kappa shape index (κ3) is 1.85. The minimum atomic E-state index is 0.595. The molecule has 0 heterocycles. The van der Waals surface area contributed by atoms with E-state index in [9.17, 15) is 0 Å². The fourth-order valence-corrected chi connectivity index (χ4v) is 1.12. The molecule has 1 heteroatoms.